The van der Waals surface area contributed by atoms with Gasteiger partial charge in [-0.25, -0.2) is 0 Å². The number of rotatable bonds is 10. The fraction of sp³-hybridized carbons (Fsp3) is 0.190. The summed E-state index contributed by atoms with van der Waals surface area (Å²) in [5.74, 6) is 1.63. The molecule has 3 aromatic rings. The Labute approximate surface area is 182 Å². The Balaban J connectivity index is 1.55. The van der Waals surface area contributed by atoms with Crippen LogP contribution in [0, 0.1) is 0 Å². The molecule has 0 unspecified atom stereocenters. The highest BCUT2D eigenvalue weighted by atomic mass is 79.9. The zero-order valence-corrected chi connectivity index (χ0v) is 18.2. The summed E-state index contributed by atoms with van der Waals surface area (Å²) >= 11 is 4.74. The Kier molecular flexibility index (Phi) is 7.89. The van der Waals surface area contributed by atoms with Gasteiger partial charge in [0.25, 0.3) is 0 Å². The van der Waals surface area contributed by atoms with Crippen molar-refractivity contribution < 1.29 is 9.53 Å². The van der Waals surface area contributed by atoms with Gasteiger partial charge in [0.2, 0.25) is 5.91 Å². The number of aromatic nitrogens is 3. The first-order valence-electron chi connectivity index (χ1n) is 9.00. The zero-order valence-electron chi connectivity index (χ0n) is 15.8. The maximum atomic E-state index is 12.2. The van der Waals surface area contributed by atoms with E-state index in [2.05, 4.69) is 38.0 Å². The second-order valence-corrected chi connectivity index (χ2v) is 7.95. The Morgan fingerprint density at radius 3 is 2.66 bits per heavy atom. The molecule has 0 saturated heterocycles. The molecule has 0 aliphatic heterocycles. The molecule has 0 saturated carbocycles. The van der Waals surface area contributed by atoms with Crippen molar-refractivity contribution in [3.8, 4) is 5.75 Å². The van der Waals surface area contributed by atoms with Gasteiger partial charge in [0, 0.05) is 17.6 Å². The van der Waals surface area contributed by atoms with Gasteiger partial charge in [-0.3, -0.25) is 9.36 Å². The van der Waals surface area contributed by atoms with Crippen LogP contribution < -0.4 is 10.1 Å². The predicted molar refractivity (Wildman–Crippen MR) is 118 cm³/mol. The van der Waals surface area contributed by atoms with E-state index in [1.165, 1.54) is 11.8 Å². The first kappa shape index (κ1) is 21.1. The van der Waals surface area contributed by atoms with Gasteiger partial charge < -0.3 is 10.1 Å². The van der Waals surface area contributed by atoms with Gasteiger partial charge in [0.05, 0.1) is 5.75 Å². The molecule has 1 aromatic heterocycles. The van der Waals surface area contributed by atoms with Crippen LogP contribution >= 0.6 is 27.7 Å². The summed E-state index contributed by atoms with van der Waals surface area (Å²) in [7, 11) is 0. The van der Waals surface area contributed by atoms with Crippen LogP contribution in [0.3, 0.4) is 0 Å². The summed E-state index contributed by atoms with van der Waals surface area (Å²) in [5.41, 5.74) is 1.06. The minimum absolute atomic E-state index is 0.0559. The molecule has 1 amide bonds. The van der Waals surface area contributed by atoms with E-state index in [1.807, 2.05) is 59.2 Å². The van der Waals surface area contributed by atoms with E-state index in [4.69, 9.17) is 4.74 Å². The maximum absolute atomic E-state index is 12.2. The zero-order chi connectivity index (χ0) is 20.5. The van der Waals surface area contributed by atoms with Crippen molar-refractivity contribution in [2.45, 2.75) is 24.9 Å². The highest BCUT2D eigenvalue weighted by Gasteiger charge is 2.14. The van der Waals surface area contributed by atoms with E-state index in [-0.39, 0.29) is 18.3 Å². The second-order valence-electron chi connectivity index (χ2n) is 6.09. The second kappa shape index (κ2) is 10.8. The van der Waals surface area contributed by atoms with E-state index < -0.39 is 0 Å². The van der Waals surface area contributed by atoms with Crippen molar-refractivity contribution in [2.75, 3.05) is 5.75 Å². The Morgan fingerprint density at radius 1 is 1.17 bits per heavy atom. The number of halogens is 1. The SMILES string of the molecule is C=CCn1c(COc2ccc(Br)cc2)nnc1SCC(=O)NCc1ccccc1. The van der Waals surface area contributed by atoms with Crippen LogP contribution in [0.1, 0.15) is 11.4 Å². The smallest absolute Gasteiger partial charge is 0.230 e. The Hall–Kier alpha value is -2.58. The Morgan fingerprint density at radius 2 is 1.93 bits per heavy atom. The Bertz CT molecular complexity index is 945. The number of benzene rings is 2. The number of ether oxygens (including phenoxy) is 1. The van der Waals surface area contributed by atoms with E-state index in [1.54, 1.807) is 6.08 Å². The molecule has 0 spiro atoms. The van der Waals surface area contributed by atoms with Crippen molar-refractivity contribution in [3.63, 3.8) is 0 Å². The molecule has 6 nitrogen and oxygen atoms in total. The molecule has 2 aromatic carbocycles. The van der Waals surface area contributed by atoms with Crippen LogP contribution in [-0.4, -0.2) is 26.4 Å². The summed E-state index contributed by atoms with van der Waals surface area (Å²) in [4.78, 5) is 12.2. The van der Waals surface area contributed by atoms with Gasteiger partial charge in [0.1, 0.15) is 12.4 Å². The average Bonchev–Trinajstić information content (AvgIpc) is 3.13. The molecule has 1 heterocycles. The fourth-order valence-corrected chi connectivity index (χ4v) is 3.56. The highest BCUT2D eigenvalue weighted by molar-refractivity contribution is 9.10. The molecule has 8 heteroatoms. The van der Waals surface area contributed by atoms with Crippen molar-refractivity contribution in [1.29, 1.82) is 0 Å². The first-order valence-corrected chi connectivity index (χ1v) is 10.8. The molecule has 0 aliphatic carbocycles. The lowest BCUT2D eigenvalue weighted by Crippen LogP contribution is -2.24. The molecule has 3 rings (SSSR count). The largest absolute Gasteiger partial charge is 0.486 e. The fourth-order valence-electron chi connectivity index (χ4n) is 2.50. The third-order valence-corrected chi connectivity index (χ3v) is 5.45. The molecule has 29 heavy (non-hydrogen) atoms. The third-order valence-electron chi connectivity index (χ3n) is 3.95. The van der Waals surface area contributed by atoms with Crippen LogP contribution in [0.2, 0.25) is 0 Å². The van der Waals surface area contributed by atoms with E-state index >= 15 is 0 Å². The lowest BCUT2D eigenvalue weighted by atomic mass is 10.2. The molecule has 0 fully saturated rings. The monoisotopic (exact) mass is 472 g/mol. The number of carbonyl (C=O) groups excluding carboxylic acids is 1. The minimum Gasteiger partial charge on any atom is -0.486 e. The number of amides is 1. The van der Waals surface area contributed by atoms with Gasteiger partial charge in [0.15, 0.2) is 11.0 Å². The van der Waals surface area contributed by atoms with Crippen molar-refractivity contribution in [2.24, 2.45) is 0 Å². The number of thioether (sulfide) groups is 1. The van der Waals surface area contributed by atoms with Crippen LogP contribution in [0.4, 0.5) is 0 Å². The van der Waals surface area contributed by atoms with Gasteiger partial charge in [-0.2, -0.15) is 0 Å². The van der Waals surface area contributed by atoms with Crippen molar-refractivity contribution in [1.82, 2.24) is 20.1 Å². The lowest BCUT2D eigenvalue weighted by Gasteiger charge is -2.09. The number of nitrogens with zero attached hydrogens (tertiary/aromatic N) is 3. The van der Waals surface area contributed by atoms with Gasteiger partial charge in [-0.15, -0.1) is 16.8 Å². The molecule has 0 bridgehead atoms. The number of hydrogen-bond donors (Lipinski definition) is 1. The molecular formula is C21H21BrN4O2S. The van der Waals surface area contributed by atoms with Gasteiger partial charge in [-0.1, -0.05) is 64.1 Å². The molecule has 0 radical (unpaired) electrons. The maximum Gasteiger partial charge on any atom is 0.230 e. The molecule has 1 N–H and O–H groups in total. The molecule has 0 atom stereocenters. The van der Waals surface area contributed by atoms with Crippen molar-refractivity contribution >= 4 is 33.6 Å². The number of nitrogens with one attached hydrogen (secondary N) is 1. The third kappa shape index (κ3) is 6.47. The van der Waals surface area contributed by atoms with Crippen LogP contribution in [0.5, 0.6) is 5.75 Å². The van der Waals surface area contributed by atoms with E-state index in [0.29, 0.717) is 24.1 Å². The minimum atomic E-state index is -0.0559. The lowest BCUT2D eigenvalue weighted by molar-refractivity contribution is -0.118. The predicted octanol–water partition coefficient (Wildman–Crippen LogP) is 4.21. The van der Waals surface area contributed by atoms with Crippen molar-refractivity contribution in [3.05, 3.63) is 83.1 Å². The van der Waals surface area contributed by atoms with Gasteiger partial charge in [-0.05, 0) is 29.8 Å². The first-order chi connectivity index (χ1) is 14.2. The average molecular weight is 473 g/mol. The summed E-state index contributed by atoms with van der Waals surface area (Å²) in [6, 6.07) is 17.4. The molecule has 0 aliphatic rings. The standard InChI is InChI=1S/C21H21BrN4O2S/c1-2-12-26-19(14-28-18-10-8-17(22)9-11-18)24-25-21(26)29-15-20(27)23-13-16-6-4-3-5-7-16/h2-11H,1,12-15H2,(H,23,27). The molecule has 150 valence electrons. The summed E-state index contributed by atoms with van der Waals surface area (Å²) in [6.07, 6.45) is 1.77. The normalized spacial score (nSPS) is 10.5. The quantitative estimate of drug-likeness (QED) is 0.353. The van der Waals surface area contributed by atoms with Gasteiger partial charge >= 0.3 is 0 Å². The summed E-state index contributed by atoms with van der Waals surface area (Å²) in [5, 5.41) is 12.0. The summed E-state index contributed by atoms with van der Waals surface area (Å²) in [6.45, 7) is 5.12. The number of allylic oxidation sites excluding steroid dienone is 1. The highest BCUT2D eigenvalue weighted by Crippen LogP contribution is 2.20. The number of hydrogen-bond acceptors (Lipinski definition) is 5. The van der Waals surface area contributed by atoms with E-state index in [0.717, 1.165) is 15.8 Å². The number of carbonyl (C=O) groups is 1. The topological polar surface area (TPSA) is 69.0 Å². The van der Waals surface area contributed by atoms with Crippen LogP contribution in [-0.2, 0) is 24.5 Å². The van der Waals surface area contributed by atoms with Crippen LogP contribution in [0.15, 0.2) is 76.9 Å². The van der Waals surface area contributed by atoms with Crippen LogP contribution in [0.25, 0.3) is 0 Å². The molecular weight excluding hydrogens is 452 g/mol. The van der Waals surface area contributed by atoms with E-state index in [9.17, 15) is 4.79 Å². The summed E-state index contributed by atoms with van der Waals surface area (Å²) < 4.78 is 8.69.